The van der Waals surface area contributed by atoms with Crippen LogP contribution in [0, 0.1) is 0 Å². The molecule has 0 saturated carbocycles. The normalized spacial score (nSPS) is 10.7. The van der Waals surface area contributed by atoms with Crippen molar-refractivity contribution in [2.75, 3.05) is 0 Å². The van der Waals surface area contributed by atoms with E-state index in [4.69, 9.17) is 32.7 Å². The number of carboxylic acid groups (broad SMARTS) is 1. The molecule has 0 fully saturated rings. The summed E-state index contributed by atoms with van der Waals surface area (Å²) in [7, 11) is 0. The summed E-state index contributed by atoms with van der Waals surface area (Å²) in [5, 5.41) is 18.1. The fourth-order valence-electron chi connectivity index (χ4n) is 1.33. The number of carboxylic acids is 1. The topological polar surface area (TPSA) is 87.7 Å². The van der Waals surface area contributed by atoms with Gasteiger partial charge in [-0.3, -0.25) is 0 Å². The maximum atomic E-state index is 11.3. The Labute approximate surface area is 104 Å². The fourth-order valence-corrected chi connectivity index (χ4v) is 1.84. The summed E-state index contributed by atoms with van der Waals surface area (Å²) in [5.74, 6) is -1.84. The Morgan fingerprint density at radius 3 is 2.53 bits per heavy atom. The van der Waals surface area contributed by atoms with Crippen molar-refractivity contribution in [3.63, 3.8) is 0 Å². The molecule has 88 valence electrons. The van der Waals surface area contributed by atoms with Crippen LogP contribution in [0.5, 0.6) is 5.75 Å². The zero-order valence-electron chi connectivity index (χ0n) is 8.03. The Bertz CT molecular complexity index is 689. The quantitative estimate of drug-likeness (QED) is 0.780. The van der Waals surface area contributed by atoms with Crippen LogP contribution in [0.2, 0.25) is 10.0 Å². The average molecular weight is 275 g/mol. The standard InChI is InChI=1S/C10H4Cl2O5/c11-5-2-3-1-4(9(14)15)10(16)17-8(3)6(12)7(5)13/h1-2,13H,(H,14,15). The van der Waals surface area contributed by atoms with Crippen molar-refractivity contribution >= 4 is 40.1 Å². The number of benzene rings is 1. The van der Waals surface area contributed by atoms with Gasteiger partial charge in [0.25, 0.3) is 0 Å². The maximum Gasteiger partial charge on any atom is 0.351 e. The molecule has 0 aliphatic carbocycles. The van der Waals surface area contributed by atoms with Gasteiger partial charge in [0.15, 0.2) is 11.3 Å². The highest BCUT2D eigenvalue weighted by Crippen LogP contribution is 2.37. The van der Waals surface area contributed by atoms with E-state index in [1.165, 1.54) is 6.07 Å². The Morgan fingerprint density at radius 1 is 1.29 bits per heavy atom. The molecule has 2 rings (SSSR count). The number of phenols is 1. The summed E-state index contributed by atoms with van der Waals surface area (Å²) in [6.45, 7) is 0. The monoisotopic (exact) mass is 274 g/mol. The number of aromatic hydroxyl groups is 1. The number of fused-ring (bicyclic) bond motifs is 1. The van der Waals surface area contributed by atoms with E-state index < -0.39 is 22.9 Å². The van der Waals surface area contributed by atoms with Gasteiger partial charge in [-0.25, -0.2) is 9.59 Å². The van der Waals surface area contributed by atoms with Crippen LogP contribution in [0.4, 0.5) is 0 Å². The number of aromatic carboxylic acids is 1. The number of halogens is 2. The minimum absolute atomic E-state index is 0.0623. The molecule has 0 atom stereocenters. The Balaban J connectivity index is 2.94. The molecule has 1 aromatic carbocycles. The zero-order chi connectivity index (χ0) is 12.7. The molecule has 1 heterocycles. The summed E-state index contributed by atoms with van der Waals surface area (Å²) in [6, 6.07) is 2.34. The molecule has 2 aromatic rings. The average Bonchev–Trinajstić information content (AvgIpc) is 2.26. The first-order valence-electron chi connectivity index (χ1n) is 4.30. The van der Waals surface area contributed by atoms with Crippen LogP contribution in [0.15, 0.2) is 21.3 Å². The van der Waals surface area contributed by atoms with Gasteiger partial charge in [-0.1, -0.05) is 23.2 Å². The molecule has 0 radical (unpaired) electrons. The lowest BCUT2D eigenvalue weighted by Gasteiger charge is -2.04. The van der Waals surface area contributed by atoms with Crippen LogP contribution in [-0.2, 0) is 0 Å². The molecule has 0 saturated heterocycles. The van der Waals surface area contributed by atoms with Gasteiger partial charge in [0.1, 0.15) is 10.6 Å². The van der Waals surface area contributed by atoms with Crippen molar-refractivity contribution in [1.82, 2.24) is 0 Å². The second-order valence-electron chi connectivity index (χ2n) is 3.19. The minimum Gasteiger partial charge on any atom is -0.505 e. The van der Waals surface area contributed by atoms with Crippen molar-refractivity contribution in [2.45, 2.75) is 0 Å². The van der Waals surface area contributed by atoms with Gasteiger partial charge in [-0.05, 0) is 12.1 Å². The molecule has 7 heteroatoms. The van der Waals surface area contributed by atoms with Crippen LogP contribution in [0.3, 0.4) is 0 Å². The Kier molecular flexibility index (Phi) is 2.73. The van der Waals surface area contributed by atoms with E-state index in [2.05, 4.69) is 0 Å². The molecule has 5 nitrogen and oxygen atoms in total. The summed E-state index contributed by atoms with van der Waals surface area (Å²) in [4.78, 5) is 22.0. The van der Waals surface area contributed by atoms with Gasteiger partial charge in [0.05, 0.1) is 5.02 Å². The molecule has 0 aliphatic heterocycles. The second-order valence-corrected chi connectivity index (χ2v) is 3.98. The van der Waals surface area contributed by atoms with E-state index in [0.717, 1.165) is 6.07 Å². The molecular formula is C10H4Cl2O5. The minimum atomic E-state index is -1.42. The predicted octanol–water partition coefficient (Wildman–Crippen LogP) is 2.50. The molecule has 0 unspecified atom stereocenters. The van der Waals surface area contributed by atoms with E-state index >= 15 is 0 Å². The third kappa shape index (κ3) is 1.83. The van der Waals surface area contributed by atoms with Crippen molar-refractivity contribution in [1.29, 1.82) is 0 Å². The third-order valence-electron chi connectivity index (χ3n) is 2.12. The third-order valence-corrected chi connectivity index (χ3v) is 2.76. The first-order valence-corrected chi connectivity index (χ1v) is 5.05. The number of phenolic OH excluding ortho intramolecular Hbond substituents is 1. The number of hydrogen-bond acceptors (Lipinski definition) is 4. The number of carbonyl (C=O) groups is 1. The van der Waals surface area contributed by atoms with E-state index in [9.17, 15) is 14.7 Å². The van der Waals surface area contributed by atoms with Crippen LogP contribution < -0.4 is 5.63 Å². The van der Waals surface area contributed by atoms with Gasteiger partial charge in [0.2, 0.25) is 0 Å². The zero-order valence-corrected chi connectivity index (χ0v) is 9.54. The Hall–Kier alpha value is -1.72. The smallest absolute Gasteiger partial charge is 0.351 e. The molecule has 0 spiro atoms. The predicted molar refractivity (Wildman–Crippen MR) is 61.1 cm³/mol. The first-order chi connectivity index (χ1) is 7.91. The molecule has 0 amide bonds. The highest BCUT2D eigenvalue weighted by atomic mass is 35.5. The molecule has 1 aromatic heterocycles. The highest BCUT2D eigenvalue weighted by Gasteiger charge is 2.17. The maximum absolute atomic E-state index is 11.3. The van der Waals surface area contributed by atoms with Crippen molar-refractivity contribution in [3.8, 4) is 5.75 Å². The summed E-state index contributed by atoms with van der Waals surface area (Å²) < 4.78 is 4.73. The molecule has 2 N–H and O–H groups in total. The molecule has 17 heavy (non-hydrogen) atoms. The second kappa shape index (κ2) is 3.94. The van der Waals surface area contributed by atoms with Crippen molar-refractivity contribution in [2.24, 2.45) is 0 Å². The lowest BCUT2D eigenvalue weighted by atomic mass is 10.2. The van der Waals surface area contributed by atoms with Gasteiger partial charge in [-0.2, -0.15) is 0 Å². The highest BCUT2D eigenvalue weighted by molar-refractivity contribution is 6.40. The van der Waals surface area contributed by atoms with Gasteiger partial charge in [0, 0.05) is 5.39 Å². The van der Waals surface area contributed by atoms with Crippen LogP contribution in [0.25, 0.3) is 11.0 Å². The van der Waals surface area contributed by atoms with Gasteiger partial charge >= 0.3 is 11.6 Å². The van der Waals surface area contributed by atoms with Gasteiger partial charge < -0.3 is 14.6 Å². The number of rotatable bonds is 1. The molecule has 0 bridgehead atoms. The van der Waals surface area contributed by atoms with Gasteiger partial charge in [-0.15, -0.1) is 0 Å². The van der Waals surface area contributed by atoms with Crippen molar-refractivity contribution < 1.29 is 19.4 Å². The van der Waals surface area contributed by atoms with Crippen LogP contribution in [-0.4, -0.2) is 16.2 Å². The lowest BCUT2D eigenvalue weighted by Crippen LogP contribution is -2.12. The molecule has 0 aliphatic rings. The van der Waals surface area contributed by atoms with E-state index in [0.29, 0.717) is 0 Å². The van der Waals surface area contributed by atoms with Crippen LogP contribution >= 0.6 is 23.2 Å². The summed E-state index contributed by atoms with van der Waals surface area (Å²) in [5.41, 5.74) is -1.69. The largest absolute Gasteiger partial charge is 0.505 e. The first kappa shape index (κ1) is 11.8. The van der Waals surface area contributed by atoms with E-state index in [-0.39, 0.29) is 21.0 Å². The van der Waals surface area contributed by atoms with Crippen LogP contribution in [0.1, 0.15) is 10.4 Å². The van der Waals surface area contributed by atoms with E-state index in [1.807, 2.05) is 0 Å². The summed E-state index contributed by atoms with van der Waals surface area (Å²) >= 11 is 11.4. The SMILES string of the molecule is O=C(O)c1cc2cc(Cl)c(O)c(Cl)c2oc1=O. The fraction of sp³-hybridized carbons (Fsp3) is 0. The summed E-state index contributed by atoms with van der Waals surface area (Å²) in [6.07, 6.45) is 0. The Morgan fingerprint density at radius 2 is 1.94 bits per heavy atom. The number of hydrogen-bond donors (Lipinski definition) is 2. The lowest BCUT2D eigenvalue weighted by molar-refractivity contribution is 0.0692. The van der Waals surface area contributed by atoms with Crippen molar-refractivity contribution in [3.05, 3.63) is 38.2 Å². The molecular weight excluding hydrogens is 271 g/mol. The van der Waals surface area contributed by atoms with E-state index in [1.54, 1.807) is 0 Å².